The molecule has 0 spiro atoms. The van der Waals surface area contributed by atoms with Crippen molar-refractivity contribution in [2.45, 2.75) is 25.9 Å². The molecule has 88 valence electrons. The summed E-state index contributed by atoms with van der Waals surface area (Å²) in [6, 6.07) is 1.70. The number of hydrogen-bond donors (Lipinski definition) is 1. The highest BCUT2D eigenvalue weighted by molar-refractivity contribution is 5.94. The summed E-state index contributed by atoms with van der Waals surface area (Å²) in [5.74, 6) is 1.09. The van der Waals surface area contributed by atoms with Gasteiger partial charge in [0, 0.05) is 13.6 Å². The van der Waals surface area contributed by atoms with Crippen LogP contribution in [0.1, 0.15) is 29.0 Å². The zero-order valence-corrected chi connectivity index (χ0v) is 9.64. The Bertz CT molecular complexity index is 379. The topological polar surface area (TPSA) is 53.7 Å². The van der Waals surface area contributed by atoms with Gasteiger partial charge in [0.25, 0.3) is 5.91 Å². The summed E-state index contributed by atoms with van der Waals surface area (Å²) in [5.41, 5.74) is 0.627. The second-order valence-electron chi connectivity index (χ2n) is 4.57. The minimum Gasteiger partial charge on any atom is -0.469 e. The molecule has 1 aliphatic carbocycles. The van der Waals surface area contributed by atoms with Crippen LogP contribution < -0.4 is 0 Å². The number of aliphatic hydroxyl groups excluding tert-OH is 1. The lowest BCUT2D eigenvalue weighted by molar-refractivity contribution is 0.0265. The maximum Gasteiger partial charge on any atom is 0.257 e. The first-order valence-electron chi connectivity index (χ1n) is 5.55. The highest BCUT2D eigenvalue weighted by Gasteiger charge is 2.29. The van der Waals surface area contributed by atoms with E-state index in [4.69, 9.17) is 4.42 Å². The Balaban J connectivity index is 1.92. The monoisotopic (exact) mass is 223 g/mol. The molecule has 4 heteroatoms. The number of furan rings is 1. The van der Waals surface area contributed by atoms with Gasteiger partial charge < -0.3 is 14.4 Å². The average molecular weight is 223 g/mol. The van der Waals surface area contributed by atoms with Crippen LogP contribution in [0, 0.1) is 12.8 Å². The number of nitrogens with zero attached hydrogens (tertiary/aromatic N) is 1. The summed E-state index contributed by atoms with van der Waals surface area (Å²) < 4.78 is 5.11. The van der Waals surface area contributed by atoms with Crippen LogP contribution in [0.15, 0.2) is 16.7 Å². The standard InChI is InChI=1S/C12H17NO3/c1-8-11(3-4-16-8)12(15)13(2)7-9-5-10(14)6-9/h3-4,9-10,14H,5-7H2,1-2H3. The van der Waals surface area contributed by atoms with Gasteiger partial charge in [-0.3, -0.25) is 4.79 Å². The lowest BCUT2D eigenvalue weighted by atomic mass is 9.82. The van der Waals surface area contributed by atoms with Crippen molar-refractivity contribution in [2.24, 2.45) is 5.92 Å². The zero-order chi connectivity index (χ0) is 11.7. The van der Waals surface area contributed by atoms with Gasteiger partial charge in [-0.2, -0.15) is 0 Å². The fourth-order valence-electron chi connectivity index (χ4n) is 2.13. The van der Waals surface area contributed by atoms with Gasteiger partial charge in [0.2, 0.25) is 0 Å². The van der Waals surface area contributed by atoms with Crippen LogP contribution in [0.25, 0.3) is 0 Å². The van der Waals surface area contributed by atoms with Crippen LogP contribution in [0.3, 0.4) is 0 Å². The molecule has 1 aromatic rings. The van der Waals surface area contributed by atoms with Crippen LogP contribution in [0.4, 0.5) is 0 Å². The predicted octanol–water partition coefficient (Wildman–Crippen LogP) is 1.43. The minimum absolute atomic E-state index is 0.00682. The van der Waals surface area contributed by atoms with Crippen molar-refractivity contribution < 1.29 is 14.3 Å². The van der Waals surface area contributed by atoms with Crippen LogP contribution >= 0.6 is 0 Å². The van der Waals surface area contributed by atoms with Crippen molar-refractivity contribution in [3.05, 3.63) is 23.7 Å². The molecule has 0 atom stereocenters. The number of amides is 1. The number of carbonyl (C=O) groups excluding carboxylic acids is 1. The van der Waals surface area contributed by atoms with Gasteiger partial charge >= 0.3 is 0 Å². The third kappa shape index (κ3) is 2.11. The second kappa shape index (κ2) is 4.29. The molecule has 1 heterocycles. The van der Waals surface area contributed by atoms with Crippen LogP contribution in [0.5, 0.6) is 0 Å². The Morgan fingerprint density at radius 2 is 2.31 bits per heavy atom. The SMILES string of the molecule is Cc1occc1C(=O)N(C)CC1CC(O)C1. The quantitative estimate of drug-likeness (QED) is 0.843. The smallest absolute Gasteiger partial charge is 0.257 e. The number of aliphatic hydroxyl groups is 1. The molecule has 1 aromatic heterocycles. The molecule has 4 nitrogen and oxygen atoms in total. The molecule has 1 N–H and O–H groups in total. The first-order valence-corrected chi connectivity index (χ1v) is 5.55. The molecule has 1 aliphatic rings. The van der Waals surface area contributed by atoms with Crippen LogP contribution in [-0.4, -0.2) is 35.6 Å². The summed E-state index contributed by atoms with van der Waals surface area (Å²) in [7, 11) is 1.79. The Morgan fingerprint density at radius 1 is 1.62 bits per heavy atom. The fourth-order valence-corrected chi connectivity index (χ4v) is 2.13. The summed E-state index contributed by atoms with van der Waals surface area (Å²) in [6.07, 6.45) is 2.98. The molecule has 0 saturated heterocycles. The Morgan fingerprint density at radius 3 is 2.81 bits per heavy atom. The number of aryl methyl sites for hydroxylation is 1. The maximum absolute atomic E-state index is 12.0. The Hall–Kier alpha value is -1.29. The number of hydrogen-bond acceptors (Lipinski definition) is 3. The van der Waals surface area contributed by atoms with Crippen molar-refractivity contribution in [2.75, 3.05) is 13.6 Å². The van der Waals surface area contributed by atoms with E-state index in [9.17, 15) is 9.90 Å². The summed E-state index contributed by atoms with van der Waals surface area (Å²) >= 11 is 0. The van der Waals surface area contributed by atoms with Gasteiger partial charge in [0.15, 0.2) is 0 Å². The molecule has 1 amide bonds. The third-order valence-corrected chi connectivity index (χ3v) is 3.18. The molecule has 1 fully saturated rings. The Labute approximate surface area is 94.9 Å². The van der Waals surface area contributed by atoms with Crippen molar-refractivity contribution in [1.29, 1.82) is 0 Å². The highest BCUT2D eigenvalue weighted by Crippen LogP contribution is 2.28. The predicted molar refractivity (Wildman–Crippen MR) is 59.1 cm³/mol. The van der Waals surface area contributed by atoms with E-state index < -0.39 is 0 Å². The molecule has 16 heavy (non-hydrogen) atoms. The van der Waals surface area contributed by atoms with E-state index in [0.29, 0.717) is 23.8 Å². The molecular formula is C12H17NO3. The normalized spacial score (nSPS) is 23.9. The molecule has 0 radical (unpaired) electrons. The molecule has 0 bridgehead atoms. The van der Waals surface area contributed by atoms with E-state index in [1.165, 1.54) is 6.26 Å². The molecular weight excluding hydrogens is 206 g/mol. The fraction of sp³-hybridized carbons (Fsp3) is 0.583. The van der Waals surface area contributed by atoms with E-state index in [1.807, 2.05) is 0 Å². The minimum atomic E-state index is -0.163. The van der Waals surface area contributed by atoms with Crippen molar-refractivity contribution in [3.63, 3.8) is 0 Å². The largest absolute Gasteiger partial charge is 0.469 e. The summed E-state index contributed by atoms with van der Waals surface area (Å²) in [5, 5.41) is 9.18. The highest BCUT2D eigenvalue weighted by atomic mass is 16.3. The molecule has 1 saturated carbocycles. The zero-order valence-electron chi connectivity index (χ0n) is 9.64. The van der Waals surface area contributed by atoms with E-state index in [2.05, 4.69) is 0 Å². The van der Waals surface area contributed by atoms with Crippen LogP contribution in [-0.2, 0) is 0 Å². The second-order valence-corrected chi connectivity index (χ2v) is 4.57. The average Bonchev–Trinajstić information content (AvgIpc) is 2.61. The molecule has 0 aliphatic heterocycles. The van der Waals surface area contributed by atoms with Gasteiger partial charge in [0.05, 0.1) is 17.9 Å². The number of rotatable bonds is 3. The first kappa shape index (κ1) is 11.2. The summed E-state index contributed by atoms with van der Waals surface area (Å²) in [6.45, 7) is 2.49. The van der Waals surface area contributed by atoms with Gasteiger partial charge in [0.1, 0.15) is 5.76 Å². The lowest BCUT2D eigenvalue weighted by Crippen LogP contribution is -2.39. The van der Waals surface area contributed by atoms with Crippen molar-refractivity contribution in [3.8, 4) is 0 Å². The van der Waals surface area contributed by atoms with E-state index >= 15 is 0 Å². The van der Waals surface area contributed by atoms with Crippen LogP contribution in [0.2, 0.25) is 0 Å². The van der Waals surface area contributed by atoms with Crippen molar-refractivity contribution >= 4 is 5.91 Å². The Kier molecular flexibility index (Phi) is 3.01. The van der Waals surface area contributed by atoms with E-state index in [1.54, 1.807) is 24.9 Å². The third-order valence-electron chi connectivity index (χ3n) is 3.18. The maximum atomic E-state index is 12.0. The lowest BCUT2D eigenvalue weighted by Gasteiger charge is -2.34. The van der Waals surface area contributed by atoms with Gasteiger partial charge in [-0.05, 0) is 31.7 Å². The summed E-state index contributed by atoms with van der Waals surface area (Å²) in [4.78, 5) is 13.7. The molecule has 0 aromatic carbocycles. The van der Waals surface area contributed by atoms with Gasteiger partial charge in [-0.1, -0.05) is 0 Å². The van der Waals surface area contributed by atoms with Gasteiger partial charge in [-0.15, -0.1) is 0 Å². The van der Waals surface area contributed by atoms with E-state index in [-0.39, 0.29) is 12.0 Å². The van der Waals surface area contributed by atoms with Gasteiger partial charge in [-0.25, -0.2) is 0 Å². The van der Waals surface area contributed by atoms with Crippen molar-refractivity contribution in [1.82, 2.24) is 4.90 Å². The first-order chi connectivity index (χ1) is 7.58. The molecule has 2 rings (SSSR count). The van der Waals surface area contributed by atoms with E-state index in [0.717, 1.165) is 12.8 Å². The molecule has 0 unspecified atom stereocenters. The number of carbonyl (C=O) groups is 1.